The lowest BCUT2D eigenvalue weighted by molar-refractivity contribution is 0.588. The van der Waals surface area contributed by atoms with E-state index >= 15 is 0 Å². The minimum atomic E-state index is -3.37. The second-order valence-corrected chi connectivity index (χ2v) is 7.25. The fourth-order valence-electron chi connectivity index (χ4n) is 1.65. The first-order chi connectivity index (χ1) is 9.55. The second kappa shape index (κ2) is 6.34. The van der Waals surface area contributed by atoms with Crippen LogP contribution in [-0.2, 0) is 23.0 Å². The van der Waals surface area contributed by atoms with E-state index in [9.17, 15) is 8.42 Å². The van der Waals surface area contributed by atoms with E-state index in [0.717, 1.165) is 22.0 Å². The molecule has 108 valence electrons. The Morgan fingerprint density at radius 1 is 1.25 bits per heavy atom. The number of hydrogen-bond donors (Lipinski definition) is 2. The van der Waals surface area contributed by atoms with Crippen molar-refractivity contribution < 1.29 is 8.42 Å². The molecule has 0 fully saturated rings. The minimum Gasteiger partial charge on any atom is -0.380 e. The summed E-state index contributed by atoms with van der Waals surface area (Å²) in [6.07, 6.45) is 2.82. The maximum atomic E-state index is 11.6. The normalized spacial score (nSPS) is 11.5. The molecule has 2 N–H and O–H groups in total. The van der Waals surface area contributed by atoms with E-state index in [-0.39, 0.29) is 4.90 Å². The van der Waals surface area contributed by atoms with Crippen LogP contribution in [0.5, 0.6) is 0 Å². The maximum absolute atomic E-state index is 11.6. The SMILES string of the molecule is CCc1ncc(CNc2ccc(S(=O)(=O)NC)cc2)s1. The summed E-state index contributed by atoms with van der Waals surface area (Å²) in [4.78, 5) is 5.72. The monoisotopic (exact) mass is 311 g/mol. The molecule has 0 unspecified atom stereocenters. The quantitative estimate of drug-likeness (QED) is 0.858. The first-order valence-electron chi connectivity index (χ1n) is 6.26. The molecule has 0 aliphatic rings. The number of nitrogens with zero attached hydrogens (tertiary/aromatic N) is 1. The Morgan fingerprint density at radius 3 is 2.50 bits per heavy atom. The van der Waals surface area contributed by atoms with Gasteiger partial charge in [0.2, 0.25) is 10.0 Å². The van der Waals surface area contributed by atoms with Gasteiger partial charge in [-0.15, -0.1) is 11.3 Å². The summed E-state index contributed by atoms with van der Waals surface area (Å²) in [6.45, 7) is 2.77. The van der Waals surface area contributed by atoms with Crippen LogP contribution in [0.3, 0.4) is 0 Å². The van der Waals surface area contributed by atoms with Crippen LogP contribution in [0.1, 0.15) is 16.8 Å². The summed E-state index contributed by atoms with van der Waals surface area (Å²) >= 11 is 1.68. The van der Waals surface area contributed by atoms with Crippen molar-refractivity contribution in [2.45, 2.75) is 24.8 Å². The summed E-state index contributed by atoms with van der Waals surface area (Å²) in [6, 6.07) is 6.68. The highest BCUT2D eigenvalue weighted by molar-refractivity contribution is 7.89. The van der Waals surface area contributed by atoms with E-state index in [2.05, 4.69) is 21.9 Å². The van der Waals surface area contributed by atoms with Gasteiger partial charge in [0.15, 0.2) is 0 Å². The Labute approximate surface area is 123 Å². The molecule has 0 amide bonds. The van der Waals surface area contributed by atoms with Crippen molar-refractivity contribution in [3.05, 3.63) is 40.3 Å². The van der Waals surface area contributed by atoms with Crippen LogP contribution in [0, 0.1) is 0 Å². The Morgan fingerprint density at radius 2 is 1.95 bits per heavy atom. The predicted octanol–water partition coefficient (Wildman–Crippen LogP) is 2.23. The van der Waals surface area contributed by atoms with Gasteiger partial charge in [0.25, 0.3) is 0 Å². The molecule has 1 aromatic carbocycles. The molecule has 2 rings (SSSR count). The third-order valence-electron chi connectivity index (χ3n) is 2.80. The van der Waals surface area contributed by atoms with Gasteiger partial charge in [-0.1, -0.05) is 6.92 Å². The summed E-state index contributed by atoms with van der Waals surface area (Å²) in [5, 5.41) is 4.37. The zero-order valence-electron chi connectivity index (χ0n) is 11.4. The number of sulfonamides is 1. The van der Waals surface area contributed by atoms with Crippen LogP contribution >= 0.6 is 11.3 Å². The number of aryl methyl sites for hydroxylation is 1. The number of anilines is 1. The standard InChI is InChI=1S/C13H17N3O2S2/c1-3-13-16-9-11(19-13)8-15-10-4-6-12(7-5-10)20(17,18)14-2/h4-7,9,14-15H,3,8H2,1-2H3. The highest BCUT2D eigenvalue weighted by atomic mass is 32.2. The van der Waals surface area contributed by atoms with E-state index in [0.29, 0.717) is 6.54 Å². The van der Waals surface area contributed by atoms with Gasteiger partial charge >= 0.3 is 0 Å². The van der Waals surface area contributed by atoms with Crippen LogP contribution in [0.15, 0.2) is 35.4 Å². The summed E-state index contributed by atoms with van der Waals surface area (Å²) in [7, 11) is -1.97. The Kier molecular flexibility index (Phi) is 4.74. The second-order valence-electron chi connectivity index (χ2n) is 4.16. The van der Waals surface area contributed by atoms with Gasteiger partial charge in [-0.3, -0.25) is 0 Å². The summed E-state index contributed by atoms with van der Waals surface area (Å²) in [5.74, 6) is 0. The lowest BCUT2D eigenvalue weighted by Gasteiger charge is -2.06. The molecule has 2 aromatic rings. The molecule has 0 radical (unpaired) electrons. The fraction of sp³-hybridized carbons (Fsp3) is 0.308. The fourth-order valence-corrected chi connectivity index (χ4v) is 3.18. The van der Waals surface area contributed by atoms with Crippen molar-refractivity contribution >= 4 is 27.0 Å². The summed E-state index contributed by atoms with van der Waals surface area (Å²) < 4.78 is 25.5. The van der Waals surface area contributed by atoms with Crippen molar-refractivity contribution in [2.24, 2.45) is 0 Å². The van der Waals surface area contributed by atoms with Gasteiger partial charge < -0.3 is 5.32 Å². The number of aromatic nitrogens is 1. The van der Waals surface area contributed by atoms with Crippen LogP contribution in [0.4, 0.5) is 5.69 Å². The third kappa shape index (κ3) is 3.56. The highest BCUT2D eigenvalue weighted by Gasteiger charge is 2.10. The smallest absolute Gasteiger partial charge is 0.240 e. The predicted molar refractivity (Wildman–Crippen MR) is 81.5 cm³/mol. The molecule has 0 aliphatic carbocycles. The lowest BCUT2D eigenvalue weighted by Crippen LogP contribution is -2.18. The topological polar surface area (TPSA) is 71.1 Å². The number of hydrogen-bond acceptors (Lipinski definition) is 5. The van der Waals surface area contributed by atoms with E-state index < -0.39 is 10.0 Å². The first kappa shape index (κ1) is 15.0. The van der Waals surface area contributed by atoms with Crippen molar-refractivity contribution in [2.75, 3.05) is 12.4 Å². The molecular weight excluding hydrogens is 294 g/mol. The van der Waals surface area contributed by atoms with Gasteiger partial charge in [0.1, 0.15) is 0 Å². The maximum Gasteiger partial charge on any atom is 0.240 e. The molecule has 0 spiro atoms. The third-order valence-corrected chi connectivity index (χ3v) is 5.38. The van der Waals surface area contributed by atoms with Gasteiger partial charge in [-0.25, -0.2) is 18.1 Å². The average molecular weight is 311 g/mol. The molecule has 0 bridgehead atoms. The molecule has 0 atom stereocenters. The van der Waals surface area contributed by atoms with Crippen molar-refractivity contribution in [1.82, 2.24) is 9.71 Å². The molecule has 20 heavy (non-hydrogen) atoms. The van der Waals surface area contributed by atoms with Crippen LogP contribution in [-0.4, -0.2) is 20.4 Å². The average Bonchev–Trinajstić information content (AvgIpc) is 2.93. The van der Waals surface area contributed by atoms with E-state index in [4.69, 9.17) is 0 Å². The number of thiazole rings is 1. The molecule has 7 heteroatoms. The Hall–Kier alpha value is -1.44. The van der Waals surface area contributed by atoms with Gasteiger partial charge in [0.05, 0.1) is 16.4 Å². The summed E-state index contributed by atoms with van der Waals surface area (Å²) in [5.41, 5.74) is 0.881. The number of rotatable bonds is 6. The molecule has 1 heterocycles. The molecular formula is C13H17N3O2S2. The number of nitrogens with one attached hydrogen (secondary N) is 2. The highest BCUT2D eigenvalue weighted by Crippen LogP contribution is 2.17. The van der Waals surface area contributed by atoms with Crippen molar-refractivity contribution in [3.8, 4) is 0 Å². The molecule has 0 aliphatic heterocycles. The Balaban J connectivity index is 2.00. The lowest BCUT2D eigenvalue weighted by atomic mass is 10.3. The zero-order chi connectivity index (χ0) is 14.6. The Bertz CT molecular complexity index is 663. The molecule has 5 nitrogen and oxygen atoms in total. The van der Waals surface area contributed by atoms with Gasteiger partial charge in [-0.05, 0) is 37.7 Å². The van der Waals surface area contributed by atoms with E-state index in [1.54, 1.807) is 35.6 Å². The molecule has 0 saturated carbocycles. The van der Waals surface area contributed by atoms with E-state index in [1.807, 2.05) is 6.20 Å². The largest absolute Gasteiger partial charge is 0.380 e. The number of benzene rings is 1. The molecule has 0 saturated heterocycles. The van der Waals surface area contributed by atoms with Gasteiger partial charge in [0, 0.05) is 16.8 Å². The van der Waals surface area contributed by atoms with Crippen LogP contribution in [0.25, 0.3) is 0 Å². The zero-order valence-corrected chi connectivity index (χ0v) is 13.0. The molecule has 1 aromatic heterocycles. The van der Waals surface area contributed by atoms with Gasteiger partial charge in [-0.2, -0.15) is 0 Å². The van der Waals surface area contributed by atoms with Crippen LogP contribution < -0.4 is 10.0 Å². The van der Waals surface area contributed by atoms with Crippen molar-refractivity contribution in [1.29, 1.82) is 0 Å². The minimum absolute atomic E-state index is 0.261. The van der Waals surface area contributed by atoms with Crippen molar-refractivity contribution in [3.63, 3.8) is 0 Å². The first-order valence-corrected chi connectivity index (χ1v) is 8.56. The van der Waals surface area contributed by atoms with E-state index in [1.165, 1.54) is 7.05 Å². The van der Waals surface area contributed by atoms with Crippen LogP contribution in [0.2, 0.25) is 0 Å².